The van der Waals surface area contributed by atoms with Crippen LogP contribution in [0.5, 0.6) is 0 Å². The molecule has 114 valence electrons. The van der Waals surface area contributed by atoms with Gasteiger partial charge in [0.05, 0.1) is 0 Å². The van der Waals surface area contributed by atoms with Crippen molar-refractivity contribution >= 4 is 5.65 Å². The van der Waals surface area contributed by atoms with Gasteiger partial charge in [-0.15, -0.1) is 10.2 Å². The third kappa shape index (κ3) is 2.26. The number of pyridine rings is 1. The van der Waals surface area contributed by atoms with Crippen LogP contribution in [0.2, 0.25) is 0 Å². The van der Waals surface area contributed by atoms with E-state index in [2.05, 4.69) is 20.3 Å². The Morgan fingerprint density at radius 2 is 1.87 bits per heavy atom. The Balaban J connectivity index is 1.76. The van der Waals surface area contributed by atoms with Crippen LogP contribution in [-0.2, 0) is 0 Å². The molecule has 0 aliphatic carbocycles. The summed E-state index contributed by atoms with van der Waals surface area (Å²) in [4.78, 5) is 4.34. The van der Waals surface area contributed by atoms with Crippen molar-refractivity contribution < 1.29 is 8.91 Å². The van der Waals surface area contributed by atoms with Crippen molar-refractivity contribution in [2.24, 2.45) is 0 Å². The fraction of sp³-hybridized carbons (Fsp3) is 0.125. The topological polar surface area (TPSA) is 69.1 Å². The van der Waals surface area contributed by atoms with Gasteiger partial charge in [-0.05, 0) is 43.7 Å². The van der Waals surface area contributed by atoms with E-state index >= 15 is 0 Å². The van der Waals surface area contributed by atoms with E-state index in [1.165, 1.54) is 6.07 Å². The molecule has 23 heavy (non-hydrogen) atoms. The van der Waals surface area contributed by atoms with Gasteiger partial charge in [0.2, 0.25) is 5.82 Å². The van der Waals surface area contributed by atoms with Gasteiger partial charge >= 0.3 is 0 Å². The molecule has 4 aromatic rings. The van der Waals surface area contributed by atoms with Gasteiger partial charge in [-0.3, -0.25) is 4.40 Å². The first kappa shape index (κ1) is 13.6. The fourth-order valence-electron chi connectivity index (χ4n) is 2.32. The lowest BCUT2D eigenvalue weighted by Gasteiger charge is -1.98. The summed E-state index contributed by atoms with van der Waals surface area (Å²) in [6.07, 6.45) is 1.84. The second-order valence-corrected chi connectivity index (χ2v) is 5.28. The second kappa shape index (κ2) is 4.98. The molecule has 0 spiro atoms. The maximum Gasteiger partial charge on any atom is 0.258 e. The number of rotatable bonds is 2. The maximum absolute atomic E-state index is 13.7. The SMILES string of the molecule is Cc1ccc(-c2nc(-c3ccc4nnc(C)n4c3)no2)cc1F. The van der Waals surface area contributed by atoms with Gasteiger partial charge in [-0.25, -0.2) is 4.39 Å². The van der Waals surface area contributed by atoms with E-state index in [-0.39, 0.29) is 11.7 Å². The van der Waals surface area contributed by atoms with Gasteiger partial charge in [-0.1, -0.05) is 11.2 Å². The highest BCUT2D eigenvalue weighted by Crippen LogP contribution is 2.24. The van der Waals surface area contributed by atoms with Crippen molar-refractivity contribution in [3.05, 3.63) is 53.7 Å². The zero-order chi connectivity index (χ0) is 16.0. The van der Waals surface area contributed by atoms with Gasteiger partial charge in [0.25, 0.3) is 5.89 Å². The van der Waals surface area contributed by atoms with Crippen LogP contribution in [0.4, 0.5) is 4.39 Å². The highest BCUT2D eigenvalue weighted by atomic mass is 19.1. The highest BCUT2D eigenvalue weighted by Gasteiger charge is 2.13. The standard InChI is InChI=1S/C16H12FN5O/c1-9-3-4-11(7-13(9)17)16-18-15(21-23-16)12-5-6-14-20-19-10(2)22(14)8-12/h3-8H,1-2H3. The van der Waals surface area contributed by atoms with E-state index in [4.69, 9.17) is 4.52 Å². The molecule has 3 aromatic heterocycles. The van der Waals surface area contributed by atoms with Crippen LogP contribution in [0.15, 0.2) is 41.1 Å². The number of benzene rings is 1. The smallest absolute Gasteiger partial charge is 0.258 e. The van der Waals surface area contributed by atoms with Crippen LogP contribution in [0.25, 0.3) is 28.5 Å². The van der Waals surface area contributed by atoms with Crippen LogP contribution in [-0.4, -0.2) is 24.7 Å². The minimum atomic E-state index is -0.302. The molecule has 4 rings (SSSR count). The van der Waals surface area contributed by atoms with Crippen LogP contribution in [0.1, 0.15) is 11.4 Å². The molecule has 0 N–H and O–H groups in total. The molecule has 0 aliphatic heterocycles. The lowest BCUT2D eigenvalue weighted by Crippen LogP contribution is -1.90. The van der Waals surface area contributed by atoms with Gasteiger partial charge in [0.15, 0.2) is 5.65 Å². The predicted molar refractivity (Wildman–Crippen MR) is 81.1 cm³/mol. The molecule has 7 heteroatoms. The molecule has 3 heterocycles. The predicted octanol–water partition coefficient (Wildman–Crippen LogP) is 3.20. The van der Waals surface area contributed by atoms with E-state index < -0.39 is 0 Å². The van der Waals surface area contributed by atoms with Gasteiger partial charge in [-0.2, -0.15) is 4.98 Å². The lowest BCUT2D eigenvalue weighted by molar-refractivity contribution is 0.432. The number of halogens is 1. The summed E-state index contributed by atoms with van der Waals surface area (Å²) < 4.78 is 20.8. The number of hydrogen-bond acceptors (Lipinski definition) is 5. The van der Waals surface area contributed by atoms with Gasteiger partial charge in [0, 0.05) is 17.3 Å². The van der Waals surface area contributed by atoms with Crippen molar-refractivity contribution in [3.8, 4) is 22.8 Å². The van der Waals surface area contributed by atoms with Crippen molar-refractivity contribution in [1.82, 2.24) is 24.7 Å². The Labute approximate surface area is 130 Å². The van der Waals surface area contributed by atoms with Crippen molar-refractivity contribution in [3.63, 3.8) is 0 Å². The summed E-state index contributed by atoms with van der Waals surface area (Å²) in [5.41, 5.74) is 2.63. The molecular formula is C16H12FN5O. The van der Waals surface area contributed by atoms with Crippen molar-refractivity contribution in [1.29, 1.82) is 0 Å². The summed E-state index contributed by atoms with van der Waals surface area (Å²) in [6.45, 7) is 3.57. The Morgan fingerprint density at radius 3 is 2.70 bits per heavy atom. The normalized spacial score (nSPS) is 11.3. The summed E-state index contributed by atoms with van der Waals surface area (Å²) in [5.74, 6) is 1.17. The first-order chi connectivity index (χ1) is 11.1. The molecule has 0 radical (unpaired) electrons. The Hall–Kier alpha value is -3.09. The van der Waals surface area contributed by atoms with E-state index in [0.29, 0.717) is 17.0 Å². The largest absolute Gasteiger partial charge is 0.334 e. The third-order valence-corrected chi connectivity index (χ3v) is 3.68. The fourth-order valence-corrected chi connectivity index (χ4v) is 2.32. The van der Waals surface area contributed by atoms with Gasteiger partial charge in [0.1, 0.15) is 11.6 Å². The maximum atomic E-state index is 13.7. The molecule has 0 aliphatic rings. The second-order valence-electron chi connectivity index (χ2n) is 5.28. The summed E-state index contributed by atoms with van der Waals surface area (Å²) in [7, 11) is 0. The molecule has 0 unspecified atom stereocenters. The summed E-state index contributed by atoms with van der Waals surface area (Å²) in [5, 5.41) is 12.0. The molecule has 6 nitrogen and oxygen atoms in total. The Morgan fingerprint density at radius 1 is 1.04 bits per heavy atom. The number of aromatic nitrogens is 5. The Bertz CT molecular complexity index is 1020. The van der Waals surface area contributed by atoms with E-state index in [0.717, 1.165) is 17.0 Å². The molecule has 0 fully saturated rings. The zero-order valence-corrected chi connectivity index (χ0v) is 12.5. The van der Waals surface area contributed by atoms with Gasteiger partial charge < -0.3 is 4.52 Å². The van der Waals surface area contributed by atoms with E-state index in [1.54, 1.807) is 19.1 Å². The number of fused-ring (bicyclic) bond motifs is 1. The van der Waals surface area contributed by atoms with Crippen LogP contribution >= 0.6 is 0 Å². The molecule has 0 atom stereocenters. The summed E-state index contributed by atoms with van der Waals surface area (Å²) in [6, 6.07) is 8.49. The van der Waals surface area contributed by atoms with Crippen LogP contribution in [0, 0.1) is 19.7 Å². The zero-order valence-electron chi connectivity index (χ0n) is 12.5. The minimum absolute atomic E-state index is 0.277. The van der Waals surface area contributed by atoms with Crippen molar-refractivity contribution in [2.75, 3.05) is 0 Å². The molecule has 0 saturated carbocycles. The minimum Gasteiger partial charge on any atom is -0.334 e. The quantitative estimate of drug-likeness (QED) is 0.569. The number of aryl methyl sites for hydroxylation is 2. The average molecular weight is 309 g/mol. The average Bonchev–Trinajstić information content (AvgIpc) is 3.17. The monoisotopic (exact) mass is 309 g/mol. The summed E-state index contributed by atoms with van der Waals surface area (Å²) >= 11 is 0. The molecule has 1 aromatic carbocycles. The van der Waals surface area contributed by atoms with E-state index in [1.807, 2.05) is 29.7 Å². The highest BCUT2D eigenvalue weighted by molar-refractivity contribution is 5.61. The molecule has 0 amide bonds. The van der Waals surface area contributed by atoms with Crippen molar-refractivity contribution in [2.45, 2.75) is 13.8 Å². The first-order valence-corrected chi connectivity index (χ1v) is 7.04. The molecular weight excluding hydrogens is 297 g/mol. The Kier molecular flexibility index (Phi) is 2.94. The molecule has 0 bridgehead atoms. The lowest BCUT2D eigenvalue weighted by atomic mass is 10.1. The van der Waals surface area contributed by atoms with Crippen LogP contribution < -0.4 is 0 Å². The van der Waals surface area contributed by atoms with Crippen LogP contribution in [0.3, 0.4) is 0 Å². The first-order valence-electron chi connectivity index (χ1n) is 7.04. The molecule has 0 saturated heterocycles. The number of hydrogen-bond donors (Lipinski definition) is 0. The van der Waals surface area contributed by atoms with E-state index in [9.17, 15) is 4.39 Å². The third-order valence-electron chi connectivity index (χ3n) is 3.68. The number of nitrogens with zero attached hydrogens (tertiary/aromatic N) is 5.